The highest BCUT2D eigenvalue weighted by Crippen LogP contribution is 2.24. The summed E-state index contributed by atoms with van der Waals surface area (Å²) in [4.78, 5) is 0. The van der Waals surface area contributed by atoms with Gasteiger partial charge in [0.2, 0.25) is 0 Å². The Kier molecular flexibility index (Phi) is 3.19. The molecule has 2 nitrogen and oxygen atoms in total. The highest BCUT2D eigenvalue weighted by Gasteiger charge is 2.20. The summed E-state index contributed by atoms with van der Waals surface area (Å²) >= 11 is 0. The Morgan fingerprint density at radius 1 is 1.12 bits per heavy atom. The topological polar surface area (TPSA) is 33.4 Å². The number of aliphatic hydroxyl groups excluding tert-OH is 1. The van der Waals surface area contributed by atoms with Gasteiger partial charge in [-0.3, -0.25) is 0 Å². The molecule has 2 aromatic rings. The number of hydrogen-bond donors (Lipinski definition) is 1. The summed E-state index contributed by atoms with van der Waals surface area (Å²) in [5.74, 6) is -3.80. The third kappa shape index (κ3) is 2.34. The summed E-state index contributed by atoms with van der Waals surface area (Å²) in [6.07, 6.45) is 0.120. The fraction of sp³-hybridized carbons (Fsp3) is 0.167. The van der Waals surface area contributed by atoms with Crippen LogP contribution in [0.3, 0.4) is 0 Å². The SMILES string of the molecule is OC(Cc1ccco1)c1ccc(F)c(F)c1F. The normalized spacial score (nSPS) is 12.7. The Morgan fingerprint density at radius 2 is 1.88 bits per heavy atom. The lowest BCUT2D eigenvalue weighted by atomic mass is 10.0. The van der Waals surface area contributed by atoms with E-state index in [0.717, 1.165) is 12.1 Å². The third-order valence-electron chi connectivity index (χ3n) is 2.40. The molecule has 1 heterocycles. The van der Waals surface area contributed by atoms with E-state index in [4.69, 9.17) is 4.42 Å². The summed E-state index contributed by atoms with van der Waals surface area (Å²) in [5.41, 5.74) is -0.291. The predicted octanol–water partition coefficient (Wildman–Crippen LogP) is 2.97. The summed E-state index contributed by atoms with van der Waals surface area (Å²) in [6, 6.07) is 5.01. The number of furan rings is 1. The van der Waals surface area contributed by atoms with E-state index in [9.17, 15) is 18.3 Å². The van der Waals surface area contributed by atoms with Crippen LogP contribution in [0.1, 0.15) is 17.4 Å². The molecular weight excluding hydrogens is 233 g/mol. The zero-order chi connectivity index (χ0) is 12.4. The van der Waals surface area contributed by atoms with E-state index in [2.05, 4.69) is 0 Å². The molecule has 0 aliphatic rings. The molecule has 0 aliphatic carbocycles. The van der Waals surface area contributed by atoms with Crippen molar-refractivity contribution in [3.63, 3.8) is 0 Å². The van der Waals surface area contributed by atoms with Gasteiger partial charge in [0, 0.05) is 12.0 Å². The lowest BCUT2D eigenvalue weighted by molar-refractivity contribution is 0.164. The van der Waals surface area contributed by atoms with Crippen molar-refractivity contribution in [2.24, 2.45) is 0 Å². The molecule has 0 spiro atoms. The highest BCUT2D eigenvalue weighted by molar-refractivity contribution is 5.23. The Labute approximate surface area is 95.3 Å². The van der Waals surface area contributed by atoms with Crippen molar-refractivity contribution in [1.29, 1.82) is 0 Å². The second-order valence-electron chi connectivity index (χ2n) is 3.56. The van der Waals surface area contributed by atoms with E-state index in [1.807, 2.05) is 0 Å². The van der Waals surface area contributed by atoms with Crippen molar-refractivity contribution in [3.05, 3.63) is 59.3 Å². The predicted molar refractivity (Wildman–Crippen MR) is 53.7 cm³/mol. The molecule has 1 atom stereocenters. The monoisotopic (exact) mass is 242 g/mol. The van der Waals surface area contributed by atoms with E-state index in [-0.39, 0.29) is 12.0 Å². The van der Waals surface area contributed by atoms with Crippen molar-refractivity contribution < 1.29 is 22.7 Å². The maximum atomic E-state index is 13.3. The Morgan fingerprint density at radius 3 is 2.53 bits per heavy atom. The molecule has 17 heavy (non-hydrogen) atoms. The van der Waals surface area contributed by atoms with Crippen LogP contribution in [0.15, 0.2) is 34.9 Å². The van der Waals surface area contributed by atoms with Crippen molar-refractivity contribution in [2.75, 3.05) is 0 Å². The van der Waals surface area contributed by atoms with Gasteiger partial charge in [0.25, 0.3) is 0 Å². The standard InChI is InChI=1S/C12H9F3O2/c13-9-4-3-8(11(14)12(9)15)10(16)6-7-2-1-5-17-7/h1-5,10,16H,6H2. The van der Waals surface area contributed by atoms with Crippen LogP contribution in [0.25, 0.3) is 0 Å². The van der Waals surface area contributed by atoms with Crippen LogP contribution in [0.4, 0.5) is 13.2 Å². The van der Waals surface area contributed by atoms with Crippen LogP contribution in [-0.2, 0) is 6.42 Å². The molecule has 0 amide bonds. The maximum absolute atomic E-state index is 13.3. The van der Waals surface area contributed by atoms with Gasteiger partial charge in [0.15, 0.2) is 17.5 Å². The third-order valence-corrected chi connectivity index (χ3v) is 2.40. The molecular formula is C12H9F3O2. The van der Waals surface area contributed by atoms with Gasteiger partial charge in [-0.25, -0.2) is 13.2 Å². The Balaban J connectivity index is 2.25. The molecule has 1 N–H and O–H groups in total. The van der Waals surface area contributed by atoms with Crippen LogP contribution in [-0.4, -0.2) is 5.11 Å². The summed E-state index contributed by atoms with van der Waals surface area (Å²) < 4.78 is 43.9. The van der Waals surface area contributed by atoms with Gasteiger partial charge in [0.05, 0.1) is 12.4 Å². The molecule has 2 rings (SSSR count). The number of rotatable bonds is 3. The first-order valence-electron chi connectivity index (χ1n) is 4.93. The van der Waals surface area contributed by atoms with E-state index in [1.165, 1.54) is 6.26 Å². The van der Waals surface area contributed by atoms with Crippen molar-refractivity contribution in [3.8, 4) is 0 Å². The molecule has 0 radical (unpaired) electrons. The van der Waals surface area contributed by atoms with Gasteiger partial charge in [-0.05, 0) is 18.2 Å². The Bertz CT molecular complexity index is 509. The zero-order valence-corrected chi connectivity index (χ0v) is 8.66. The molecule has 0 aliphatic heterocycles. The highest BCUT2D eigenvalue weighted by atomic mass is 19.2. The zero-order valence-electron chi connectivity index (χ0n) is 8.66. The minimum absolute atomic E-state index is 0.00497. The molecule has 1 aromatic carbocycles. The van der Waals surface area contributed by atoms with Crippen molar-refractivity contribution >= 4 is 0 Å². The molecule has 0 bridgehead atoms. The molecule has 0 fully saturated rings. The molecule has 5 heteroatoms. The van der Waals surface area contributed by atoms with Crippen LogP contribution < -0.4 is 0 Å². The number of hydrogen-bond acceptors (Lipinski definition) is 2. The second kappa shape index (κ2) is 4.63. The summed E-state index contributed by atoms with van der Waals surface area (Å²) in [5, 5.41) is 9.70. The van der Waals surface area contributed by atoms with E-state index >= 15 is 0 Å². The molecule has 90 valence electrons. The largest absolute Gasteiger partial charge is 0.469 e. The summed E-state index contributed by atoms with van der Waals surface area (Å²) in [6.45, 7) is 0. The van der Waals surface area contributed by atoms with Gasteiger partial charge in [-0.15, -0.1) is 0 Å². The van der Waals surface area contributed by atoms with Crippen molar-refractivity contribution in [2.45, 2.75) is 12.5 Å². The van der Waals surface area contributed by atoms with Gasteiger partial charge in [-0.1, -0.05) is 6.07 Å². The molecule has 0 saturated carbocycles. The fourth-order valence-electron chi connectivity index (χ4n) is 1.53. The maximum Gasteiger partial charge on any atom is 0.194 e. The average molecular weight is 242 g/mol. The van der Waals surface area contributed by atoms with Crippen molar-refractivity contribution in [1.82, 2.24) is 0 Å². The minimum Gasteiger partial charge on any atom is -0.469 e. The lowest BCUT2D eigenvalue weighted by Crippen LogP contribution is -2.06. The first-order chi connectivity index (χ1) is 8.09. The van der Waals surface area contributed by atoms with Crippen LogP contribution in [0, 0.1) is 17.5 Å². The Hall–Kier alpha value is -1.75. The molecule has 1 aromatic heterocycles. The second-order valence-corrected chi connectivity index (χ2v) is 3.56. The molecule has 0 saturated heterocycles. The van der Waals surface area contributed by atoms with Gasteiger partial charge in [-0.2, -0.15) is 0 Å². The fourth-order valence-corrected chi connectivity index (χ4v) is 1.53. The number of benzene rings is 1. The minimum atomic E-state index is -1.58. The van der Waals surface area contributed by atoms with Gasteiger partial charge in [0.1, 0.15) is 5.76 Å². The van der Waals surface area contributed by atoms with Crippen LogP contribution in [0.5, 0.6) is 0 Å². The van der Waals surface area contributed by atoms with Crippen LogP contribution >= 0.6 is 0 Å². The average Bonchev–Trinajstić information content (AvgIpc) is 2.78. The first kappa shape index (κ1) is 11.7. The van der Waals surface area contributed by atoms with E-state index in [1.54, 1.807) is 12.1 Å². The van der Waals surface area contributed by atoms with E-state index < -0.39 is 23.6 Å². The van der Waals surface area contributed by atoms with E-state index in [0.29, 0.717) is 5.76 Å². The quantitative estimate of drug-likeness (QED) is 0.839. The first-order valence-corrected chi connectivity index (χ1v) is 4.93. The van der Waals surface area contributed by atoms with Gasteiger partial charge >= 0.3 is 0 Å². The lowest BCUT2D eigenvalue weighted by Gasteiger charge is -2.11. The van der Waals surface area contributed by atoms with Gasteiger partial charge < -0.3 is 9.52 Å². The number of halogens is 3. The molecule has 1 unspecified atom stereocenters. The summed E-state index contributed by atoms with van der Waals surface area (Å²) in [7, 11) is 0. The smallest absolute Gasteiger partial charge is 0.194 e. The number of aliphatic hydroxyl groups is 1. The van der Waals surface area contributed by atoms with Crippen LogP contribution in [0.2, 0.25) is 0 Å².